The summed E-state index contributed by atoms with van der Waals surface area (Å²) in [5.74, 6) is -0.0156. The highest BCUT2D eigenvalue weighted by molar-refractivity contribution is 7.89. The first-order valence-electron chi connectivity index (χ1n) is 5.31. The summed E-state index contributed by atoms with van der Waals surface area (Å²) < 4.78 is 25.2. The molecule has 1 amide bonds. The summed E-state index contributed by atoms with van der Waals surface area (Å²) in [4.78, 5) is 11.5. The average Bonchev–Trinajstić information content (AvgIpc) is 2.98. The Morgan fingerprint density at radius 2 is 2.12 bits per heavy atom. The van der Waals surface area contributed by atoms with Crippen LogP contribution >= 0.6 is 11.6 Å². The summed E-state index contributed by atoms with van der Waals surface area (Å²) >= 11 is 5.41. The molecule has 5 nitrogen and oxygen atoms in total. The molecule has 0 saturated heterocycles. The number of carbonyl (C=O) groups is 1. The Labute approximate surface area is 101 Å². The van der Waals surface area contributed by atoms with Gasteiger partial charge >= 0.3 is 0 Å². The number of amides is 1. The molecule has 0 bridgehead atoms. The summed E-state index contributed by atoms with van der Waals surface area (Å²) in [6.07, 6.45) is 2.35. The second kappa shape index (κ2) is 5.84. The summed E-state index contributed by atoms with van der Waals surface area (Å²) in [6, 6.07) is -0.483. The van der Waals surface area contributed by atoms with Gasteiger partial charge in [0, 0.05) is 11.9 Å². The second-order valence-electron chi connectivity index (χ2n) is 3.98. The molecule has 1 saturated carbocycles. The minimum atomic E-state index is -3.40. The van der Waals surface area contributed by atoms with Gasteiger partial charge in [0.05, 0.1) is 11.8 Å². The highest BCUT2D eigenvalue weighted by atomic mass is 35.5. The molecule has 1 atom stereocenters. The molecule has 7 heteroatoms. The van der Waals surface area contributed by atoms with E-state index in [1.807, 2.05) is 0 Å². The lowest BCUT2D eigenvalue weighted by Crippen LogP contribution is -2.46. The fraction of sp³-hybridized carbons (Fsp3) is 0.889. The average molecular weight is 269 g/mol. The van der Waals surface area contributed by atoms with Crippen LogP contribution < -0.4 is 10.0 Å². The van der Waals surface area contributed by atoms with Crippen LogP contribution in [0.1, 0.15) is 26.2 Å². The SMILES string of the molecule is CC(NS(=O)(=O)CCCCl)C(=O)NC1CC1. The van der Waals surface area contributed by atoms with Crippen molar-refractivity contribution in [3.63, 3.8) is 0 Å². The Bertz CT molecular complexity index is 341. The molecule has 0 spiro atoms. The zero-order valence-corrected chi connectivity index (χ0v) is 10.8. The van der Waals surface area contributed by atoms with Crippen molar-refractivity contribution in [1.82, 2.24) is 10.0 Å². The summed E-state index contributed by atoms with van der Waals surface area (Å²) in [5, 5.41) is 2.74. The second-order valence-corrected chi connectivity index (χ2v) is 6.24. The third-order valence-electron chi connectivity index (χ3n) is 2.22. The molecule has 0 heterocycles. The summed E-state index contributed by atoms with van der Waals surface area (Å²) in [6.45, 7) is 1.54. The fourth-order valence-corrected chi connectivity index (χ4v) is 2.76. The lowest BCUT2D eigenvalue weighted by atomic mass is 10.3. The van der Waals surface area contributed by atoms with E-state index in [0.29, 0.717) is 12.3 Å². The monoisotopic (exact) mass is 268 g/mol. The number of halogens is 1. The van der Waals surface area contributed by atoms with E-state index in [-0.39, 0.29) is 17.7 Å². The van der Waals surface area contributed by atoms with Crippen molar-refractivity contribution in [3.05, 3.63) is 0 Å². The highest BCUT2D eigenvalue weighted by Gasteiger charge is 2.27. The largest absolute Gasteiger partial charge is 0.352 e. The van der Waals surface area contributed by atoms with E-state index in [0.717, 1.165) is 12.8 Å². The molecule has 1 aliphatic carbocycles. The van der Waals surface area contributed by atoms with Gasteiger partial charge in [-0.25, -0.2) is 13.1 Å². The maximum atomic E-state index is 11.5. The molecule has 1 rings (SSSR count). The lowest BCUT2D eigenvalue weighted by molar-refractivity contribution is -0.122. The topological polar surface area (TPSA) is 75.3 Å². The molecule has 0 aromatic carbocycles. The quantitative estimate of drug-likeness (QED) is 0.648. The maximum Gasteiger partial charge on any atom is 0.238 e. The van der Waals surface area contributed by atoms with Gasteiger partial charge in [-0.2, -0.15) is 0 Å². The van der Waals surface area contributed by atoms with Crippen LogP contribution in [0.2, 0.25) is 0 Å². The van der Waals surface area contributed by atoms with Crippen LogP contribution in [0.5, 0.6) is 0 Å². The molecule has 94 valence electrons. The number of carbonyl (C=O) groups excluding carboxylic acids is 1. The van der Waals surface area contributed by atoms with Crippen LogP contribution in [0.3, 0.4) is 0 Å². The molecule has 1 unspecified atom stereocenters. The Morgan fingerprint density at radius 1 is 1.50 bits per heavy atom. The minimum Gasteiger partial charge on any atom is -0.352 e. The van der Waals surface area contributed by atoms with Crippen molar-refractivity contribution in [2.24, 2.45) is 0 Å². The molecule has 1 fully saturated rings. The minimum absolute atomic E-state index is 0.0441. The van der Waals surface area contributed by atoms with Gasteiger partial charge in [0.1, 0.15) is 0 Å². The number of sulfonamides is 1. The van der Waals surface area contributed by atoms with Crippen molar-refractivity contribution in [2.45, 2.75) is 38.3 Å². The molecule has 0 aromatic rings. The van der Waals surface area contributed by atoms with Crippen LogP contribution in [-0.4, -0.2) is 38.0 Å². The third-order valence-corrected chi connectivity index (χ3v) is 4.03. The Balaban J connectivity index is 2.35. The van der Waals surface area contributed by atoms with Crippen LogP contribution in [0.15, 0.2) is 0 Å². The van der Waals surface area contributed by atoms with Crippen LogP contribution in [0.4, 0.5) is 0 Å². The van der Waals surface area contributed by atoms with Crippen molar-refractivity contribution in [1.29, 1.82) is 0 Å². The van der Waals surface area contributed by atoms with E-state index in [1.165, 1.54) is 6.92 Å². The zero-order valence-electron chi connectivity index (χ0n) is 9.20. The number of alkyl halides is 1. The third kappa shape index (κ3) is 5.14. The van der Waals surface area contributed by atoms with Crippen molar-refractivity contribution >= 4 is 27.5 Å². The summed E-state index contributed by atoms with van der Waals surface area (Å²) in [7, 11) is -3.40. The zero-order chi connectivity index (χ0) is 12.2. The molecular weight excluding hydrogens is 252 g/mol. The Hall–Kier alpha value is -0.330. The first-order valence-corrected chi connectivity index (χ1v) is 7.49. The van der Waals surface area contributed by atoms with E-state index in [4.69, 9.17) is 11.6 Å². The molecule has 1 aliphatic rings. The number of nitrogens with one attached hydrogen (secondary N) is 2. The first kappa shape index (κ1) is 13.7. The van der Waals surface area contributed by atoms with Crippen molar-refractivity contribution < 1.29 is 13.2 Å². The smallest absolute Gasteiger partial charge is 0.238 e. The van der Waals surface area contributed by atoms with Crippen molar-refractivity contribution in [3.8, 4) is 0 Å². The van der Waals surface area contributed by atoms with Gasteiger partial charge in [-0.15, -0.1) is 11.6 Å². The number of hydrogen-bond donors (Lipinski definition) is 2. The van der Waals surface area contributed by atoms with Gasteiger partial charge in [0.2, 0.25) is 15.9 Å². The maximum absolute atomic E-state index is 11.5. The molecular formula is C9H17ClN2O3S. The van der Waals surface area contributed by atoms with Crippen LogP contribution in [-0.2, 0) is 14.8 Å². The lowest BCUT2D eigenvalue weighted by Gasteiger charge is -2.13. The molecule has 0 radical (unpaired) electrons. The number of hydrogen-bond acceptors (Lipinski definition) is 3. The molecule has 0 aliphatic heterocycles. The van der Waals surface area contributed by atoms with E-state index < -0.39 is 16.1 Å². The van der Waals surface area contributed by atoms with Gasteiger partial charge in [-0.1, -0.05) is 0 Å². The van der Waals surface area contributed by atoms with Gasteiger partial charge in [-0.3, -0.25) is 4.79 Å². The van der Waals surface area contributed by atoms with Gasteiger partial charge < -0.3 is 5.32 Å². The predicted molar refractivity (Wildman–Crippen MR) is 62.9 cm³/mol. The number of rotatable bonds is 7. The predicted octanol–water partition coefficient (Wildman–Crippen LogP) is 0.202. The first-order chi connectivity index (χ1) is 7.44. The van der Waals surface area contributed by atoms with E-state index in [2.05, 4.69) is 10.0 Å². The molecule has 0 aromatic heterocycles. The van der Waals surface area contributed by atoms with E-state index in [9.17, 15) is 13.2 Å². The van der Waals surface area contributed by atoms with Crippen LogP contribution in [0.25, 0.3) is 0 Å². The fourth-order valence-electron chi connectivity index (χ4n) is 1.18. The van der Waals surface area contributed by atoms with E-state index in [1.54, 1.807) is 0 Å². The highest BCUT2D eigenvalue weighted by Crippen LogP contribution is 2.18. The molecule has 2 N–H and O–H groups in total. The molecule has 16 heavy (non-hydrogen) atoms. The van der Waals surface area contributed by atoms with Gasteiger partial charge in [0.25, 0.3) is 0 Å². The van der Waals surface area contributed by atoms with Crippen LogP contribution in [0, 0.1) is 0 Å². The van der Waals surface area contributed by atoms with Crippen molar-refractivity contribution in [2.75, 3.05) is 11.6 Å². The normalized spacial score (nSPS) is 18.1. The summed E-state index contributed by atoms with van der Waals surface area (Å²) in [5.41, 5.74) is 0. The standard InChI is InChI=1S/C9H17ClN2O3S/c1-7(9(13)11-8-3-4-8)12-16(14,15)6-2-5-10/h7-8,12H,2-6H2,1H3,(H,11,13). The Morgan fingerprint density at radius 3 is 2.62 bits per heavy atom. The Kier molecular flexibility index (Phi) is 5.01. The van der Waals surface area contributed by atoms with Gasteiger partial charge in [-0.05, 0) is 26.2 Å². The van der Waals surface area contributed by atoms with Gasteiger partial charge in [0.15, 0.2) is 0 Å². The van der Waals surface area contributed by atoms with E-state index >= 15 is 0 Å².